The molecule has 4 rings (SSSR count). The van der Waals surface area contributed by atoms with Crippen molar-refractivity contribution in [2.24, 2.45) is 0 Å². The molecule has 2 amide bonds. The summed E-state index contributed by atoms with van der Waals surface area (Å²) in [5.74, 6) is -1.75. The number of aryl methyl sites for hydroxylation is 1. The maximum atomic E-state index is 15.1. The topological polar surface area (TPSA) is 52.7 Å². The van der Waals surface area contributed by atoms with Gasteiger partial charge in [0.05, 0.1) is 11.2 Å². The van der Waals surface area contributed by atoms with Gasteiger partial charge in [0, 0.05) is 23.9 Å². The molecule has 1 fully saturated rings. The zero-order chi connectivity index (χ0) is 23.4. The molecule has 32 heavy (non-hydrogen) atoms. The van der Waals surface area contributed by atoms with Gasteiger partial charge in [-0.1, -0.05) is 18.2 Å². The van der Waals surface area contributed by atoms with Gasteiger partial charge >= 0.3 is 0 Å². The normalized spacial score (nSPS) is 19.1. The first-order valence-electron chi connectivity index (χ1n) is 10.2. The van der Waals surface area contributed by atoms with Crippen molar-refractivity contribution in [3.05, 3.63) is 70.6 Å². The Morgan fingerprint density at radius 3 is 2.53 bits per heavy atom. The van der Waals surface area contributed by atoms with E-state index in [1.807, 2.05) is 31.9 Å². The summed E-state index contributed by atoms with van der Waals surface area (Å²) in [6.45, 7) is 7.98. The predicted molar refractivity (Wildman–Crippen MR) is 130 cm³/mol. The average molecular weight is 450 g/mol. The van der Waals surface area contributed by atoms with Crippen LogP contribution in [0, 0.1) is 12.7 Å². The highest BCUT2D eigenvalue weighted by atomic mass is 32.1. The van der Waals surface area contributed by atoms with Gasteiger partial charge in [-0.15, -0.1) is 0 Å². The molecule has 0 bridgehead atoms. The van der Waals surface area contributed by atoms with Gasteiger partial charge in [0.15, 0.2) is 5.11 Å². The second-order valence-corrected chi connectivity index (χ2v) is 9.11. The lowest BCUT2D eigenvalue weighted by atomic mass is 9.88. The van der Waals surface area contributed by atoms with Gasteiger partial charge < -0.3 is 4.90 Å². The summed E-state index contributed by atoms with van der Waals surface area (Å²) >= 11 is 5.24. The van der Waals surface area contributed by atoms with E-state index in [-0.39, 0.29) is 21.8 Å². The molecule has 2 aromatic carbocycles. The number of carbonyl (C=O) groups is 2. The molecule has 5 nitrogen and oxygen atoms in total. The minimum Gasteiger partial charge on any atom is -0.365 e. The van der Waals surface area contributed by atoms with Crippen LogP contribution in [0.4, 0.5) is 15.8 Å². The minimum atomic E-state index is -0.647. The lowest BCUT2D eigenvalue weighted by Gasteiger charge is -2.40. The molecule has 2 aromatic rings. The van der Waals surface area contributed by atoms with Crippen LogP contribution in [0.15, 0.2) is 48.0 Å². The Hall–Kier alpha value is -3.32. The minimum absolute atomic E-state index is 0.00343. The van der Waals surface area contributed by atoms with Gasteiger partial charge in [0.2, 0.25) is 0 Å². The van der Waals surface area contributed by atoms with Gasteiger partial charge in [-0.25, -0.2) is 4.39 Å². The first-order chi connectivity index (χ1) is 15.0. The standard InChI is InChI=1S/C25H24FN3O2S/c1-14-7-6-8-17(9-14)29-23(31)19(22(30)27-24(29)32)11-16-10-18-15(2)13-25(3,4)28(5)21(18)12-20(16)26/h6-13H,1-5H3,(H,27,30,32)/b19-11-. The van der Waals surface area contributed by atoms with Crippen LogP contribution in [0.25, 0.3) is 11.6 Å². The molecule has 164 valence electrons. The second-order valence-electron chi connectivity index (χ2n) is 8.73. The molecule has 0 unspecified atom stereocenters. The van der Waals surface area contributed by atoms with Crippen molar-refractivity contribution in [3.63, 3.8) is 0 Å². The Kier molecular flexibility index (Phi) is 5.25. The number of hydrogen-bond acceptors (Lipinski definition) is 4. The number of thiocarbonyl (C=S) groups is 1. The van der Waals surface area contributed by atoms with Gasteiger partial charge in [-0.3, -0.25) is 19.8 Å². The third kappa shape index (κ3) is 3.62. The highest BCUT2D eigenvalue weighted by molar-refractivity contribution is 7.80. The van der Waals surface area contributed by atoms with Crippen LogP contribution in [0.3, 0.4) is 0 Å². The largest absolute Gasteiger partial charge is 0.365 e. The van der Waals surface area contributed by atoms with Crippen molar-refractivity contribution in [2.75, 3.05) is 16.8 Å². The van der Waals surface area contributed by atoms with Crippen molar-refractivity contribution >= 4 is 52.2 Å². The number of fused-ring (bicyclic) bond motifs is 1. The van der Waals surface area contributed by atoms with Crippen molar-refractivity contribution in [2.45, 2.75) is 33.2 Å². The summed E-state index contributed by atoms with van der Waals surface area (Å²) in [5, 5.41) is 2.54. The summed E-state index contributed by atoms with van der Waals surface area (Å²) < 4.78 is 15.1. The van der Waals surface area contributed by atoms with E-state index in [1.54, 1.807) is 24.3 Å². The SMILES string of the molecule is CC1=CC(C)(C)N(C)c2cc(F)c(/C=C3/C(=O)NC(=S)N(c4cccc(C)c4)C3=O)cc21. The Labute approximate surface area is 192 Å². The van der Waals surface area contributed by atoms with Crippen molar-refractivity contribution in [1.82, 2.24) is 5.32 Å². The van der Waals surface area contributed by atoms with Crippen LogP contribution in [0.1, 0.15) is 37.5 Å². The molecule has 0 radical (unpaired) electrons. The smallest absolute Gasteiger partial charge is 0.270 e. The molecular weight excluding hydrogens is 425 g/mol. The van der Waals surface area contributed by atoms with E-state index in [4.69, 9.17) is 12.2 Å². The molecule has 2 aliphatic rings. The van der Waals surface area contributed by atoms with Crippen LogP contribution < -0.4 is 15.1 Å². The number of likely N-dealkylation sites (N-methyl/N-ethyl adjacent to an activating group) is 1. The van der Waals surface area contributed by atoms with Crippen molar-refractivity contribution in [1.29, 1.82) is 0 Å². The third-order valence-electron chi connectivity index (χ3n) is 6.00. The van der Waals surface area contributed by atoms with E-state index < -0.39 is 17.6 Å². The van der Waals surface area contributed by atoms with Crippen LogP contribution >= 0.6 is 12.2 Å². The van der Waals surface area contributed by atoms with E-state index in [2.05, 4.69) is 25.2 Å². The molecule has 0 spiro atoms. The zero-order valence-corrected chi connectivity index (χ0v) is 19.4. The highest BCUT2D eigenvalue weighted by Crippen LogP contribution is 2.39. The second kappa shape index (κ2) is 7.67. The fourth-order valence-electron chi connectivity index (χ4n) is 4.11. The van der Waals surface area contributed by atoms with E-state index in [9.17, 15) is 9.59 Å². The number of allylic oxidation sites excluding steroid dienone is 1. The predicted octanol–water partition coefficient (Wildman–Crippen LogP) is 4.60. The number of rotatable bonds is 2. The van der Waals surface area contributed by atoms with Gasteiger partial charge in [0.1, 0.15) is 11.4 Å². The number of halogens is 1. The summed E-state index contributed by atoms with van der Waals surface area (Å²) in [6, 6.07) is 10.4. The molecule has 0 atom stereocenters. The molecular formula is C25H24FN3O2S. The molecule has 1 saturated heterocycles. The zero-order valence-electron chi connectivity index (χ0n) is 18.6. The van der Waals surface area contributed by atoms with E-state index in [0.717, 1.165) is 22.4 Å². The maximum Gasteiger partial charge on any atom is 0.270 e. The van der Waals surface area contributed by atoms with Crippen LogP contribution in [0.2, 0.25) is 0 Å². The molecule has 7 heteroatoms. The Morgan fingerprint density at radius 2 is 1.84 bits per heavy atom. The number of nitrogens with zero attached hydrogens (tertiary/aromatic N) is 2. The number of hydrogen-bond donors (Lipinski definition) is 1. The fourth-order valence-corrected chi connectivity index (χ4v) is 4.39. The van der Waals surface area contributed by atoms with Crippen molar-refractivity contribution in [3.8, 4) is 0 Å². The summed E-state index contributed by atoms with van der Waals surface area (Å²) in [4.78, 5) is 29.1. The Morgan fingerprint density at radius 1 is 1.12 bits per heavy atom. The van der Waals surface area contributed by atoms with Crippen LogP contribution in [-0.4, -0.2) is 29.5 Å². The Bertz CT molecular complexity index is 1250. The molecule has 0 saturated carbocycles. The van der Waals surface area contributed by atoms with Gasteiger partial charge in [-0.05, 0) is 81.4 Å². The van der Waals surface area contributed by atoms with E-state index in [0.29, 0.717) is 5.69 Å². The highest BCUT2D eigenvalue weighted by Gasteiger charge is 2.35. The number of carbonyl (C=O) groups excluding carboxylic acids is 2. The lowest BCUT2D eigenvalue weighted by molar-refractivity contribution is -0.122. The molecule has 0 aliphatic carbocycles. The Balaban J connectivity index is 1.80. The first kappa shape index (κ1) is 21.9. The lowest BCUT2D eigenvalue weighted by Crippen LogP contribution is -2.54. The summed E-state index contributed by atoms with van der Waals surface area (Å²) in [5.41, 5.74) is 3.84. The number of amides is 2. The van der Waals surface area contributed by atoms with E-state index in [1.165, 1.54) is 17.0 Å². The van der Waals surface area contributed by atoms with E-state index >= 15 is 4.39 Å². The number of nitrogens with one attached hydrogen (secondary N) is 1. The molecule has 2 heterocycles. The monoisotopic (exact) mass is 449 g/mol. The van der Waals surface area contributed by atoms with Gasteiger partial charge in [0.25, 0.3) is 11.8 Å². The molecule has 1 N–H and O–H groups in total. The molecule has 2 aliphatic heterocycles. The van der Waals surface area contributed by atoms with Gasteiger partial charge in [-0.2, -0.15) is 0 Å². The third-order valence-corrected chi connectivity index (χ3v) is 6.28. The van der Waals surface area contributed by atoms with Crippen LogP contribution in [-0.2, 0) is 9.59 Å². The summed E-state index contributed by atoms with van der Waals surface area (Å²) in [6.07, 6.45) is 3.41. The number of anilines is 2. The summed E-state index contributed by atoms with van der Waals surface area (Å²) in [7, 11) is 1.91. The fraction of sp³-hybridized carbons (Fsp3) is 0.240. The average Bonchev–Trinajstić information content (AvgIpc) is 2.69. The maximum absolute atomic E-state index is 15.1. The molecule has 0 aromatic heterocycles. The van der Waals surface area contributed by atoms with Crippen molar-refractivity contribution < 1.29 is 14.0 Å². The quantitative estimate of drug-likeness (QED) is 0.414. The number of benzene rings is 2. The van der Waals surface area contributed by atoms with Crippen LogP contribution in [0.5, 0.6) is 0 Å². The first-order valence-corrected chi connectivity index (χ1v) is 10.7.